The molecule has 0 bridgehead atoms. The molecule has 0 N–H and O–H groups in total. The summed E-state index contributed by atoms with van der Waals surface area (Å²) in [7, 11) is 0. The van der Waals surface area contributed by atoms with Gasteiger partial charge in [-0.1, -0.05) is 0 Å². The molecule has 0 aromatic rings. The summed E-state index contributed by atoms with van der Waals surface area (Å²) in [4.78, 5) is 0. The molecule has 0 unspecified atom stereocenters. The van der Waals surface area contributed by atoms with E-state index in [0.717, 1.165) is 5.88 Å². The van der Waals surface area contributed by atoms with Crippen molar-refractivity contribution in [1.29, 1.82) is 0 Å². The molecular formula is C4H11AsCl2. The molecule has 0 saturated heterocycles. The molecule has 0 heterocycles. The molecule has 0 aliphatic heterocycles. The second kappa shape index (κ2) is 7.14. The average molecular weight is 205 g/mol. The SMILES string of the molecule is C[As](C)CCCl.Cl. The Kier molecular flexibility index (Phi) is 11.2. The second-order valence-electron chi connectivity index (χ2n) is 1.49. The van der Waals surface area contributed by atoms with Gasteiger partial charge in [0.1, 0.15) is 0 Å². The first-order valence-corrected chi connectivity index (χ1v) is 7.59. The van der Waals surface area contributed by atoms with Gasteiger partial charge in [0.2, 0.25) is 0 Å². The topological polar surface area (TPSA) is 0 Å². The van der Waals surface area contributed by atoms with Gasteiger partial charge < -0.3 is 0 Å². The van der Waals surface area contributed by atoms with Crippen LogP contribution in [0.25, 0.3) is 0 Å². The first-order valence-electron chi connectivity index (χ1n) is 1.98. The van der Waals surface area contributed by atoms with Crippen LogP contribution in [0.3, 0.4) is 0 Å². The van der Waals surface area contributed by atoms with E-state index in [1.165, 1.54) is 5.21 Å². The molecule has 0 amide bonds. The van der Waals surface area contributed by atoms with E-state index in [1.807, 2.05) is 0 Å². The predicted molar refractivity (Wildman–Crippen MR) is 40.3 cm³/mol. The quantitative estimate of drug-likeness (QED) is 0.479. The molecule has 0 spiro atoms. The van der Waals surface area contributed by atoms with Crippen molar-refractivity contribution < 1.29 is 0 Å². The minimum Gasteiger partial charge on any atom is -0.147 e. The molecule has 0 aromatic carbocycles. The summed E-state index contributed by atoms with van der Waals surface area (Å²) in [6.07, 6.45) is 0. The number of hydrogen-bond donors (Lipinski definition) is 0. The van der Waals surface area contributed by atoms with Crippen LogP contribution in [0.1, 0.15) is 0 Å². The molecule has 7 heavy (non-hydrogen) atoms. The summed E-state index contributed by atoms with van der Waals surface area (Å²) < 4.78 is 0. The first kappa shape index (κ1) is 11.0. The largest absolute Gasteiger partial charge is 0.147 e. The van der Waals surface area contributed by atoms with E-state index in [4.69, 9.17) is 11.6 Å². The summed E-state index contributed by atoms with van der Waals surface area (Å²) in [5, 5.41) is 1.29. The van der Waals surface area contributed by atoms with Gasteiger partial charge in [0.25, 0.3) is 0 Å². The van der Waals surface area contributed by atoms with Crippen LogP contribution < -0.4 is 0 Å². The van der Waals surface area contributed by atoms with E-state index in [1.54, 1.807) is 0 Å². The maximum Gasteiger partial charge on any atom is -0.147 e. The van der Waals surface area contributed by atoms with Crippen LogP contribution in [0.4, 0.5) is 0 Å². The fourth-order valence-electron chi connectivity index (χ4n) is 0.169. The molecule has 0 aliphatic rings. The number of hydrogen-bond acceptors (Lipinski definition) is 0. The average Bonchev–Trinajstić information content (AvgIpc) is 1.35. The Labute approximate surface area is 61.3 Å². The van der Waals surface area contributed by atoms with Gasteiger partial charge in [0, 0.05) is 0 Å². The van der Waals surface area contributed by atoms with E-state index < -0.39 is 0 Å². The van der Waals surface area contributed by atoms with E-state index in [0.29, 0.717) is 0 Å². The van der Waals surface area contributed by atoms with Crippen LogP contribution in [0.15, 0.2) is 0 Å². The molecule has 0 nitrogen and oxygen atoms in total. The Balaban J connectivity index is 0. The van der Waals surface area contributed by atoms with Gasteiger partial charge in [-0.05, 0) is 0 Å². The minimum absolute atomic E-state index is 0. The number of alkyl halides is 1. The molecule has 0 saturated carbocycles. The smallest absolute Gasteiger partial charge is 0.147 e. The van der Waals surface area contributed by atoms with Gasteiger partial charge in [-0.15, -0.1) is 12.4 Å². The molecule has 0 fully saturated rings. The Bertz CT molecular complexity index is 30.9. The number of rotatable bonds is 2. The van der Waals surface area contributed by atoms with Crippen LogP contribution >= 0.6 is 24.0 Å². The summed E-state index contributed by atoms with van der Waals surface area (Å²) in [6.45, 7) is 0. The fourth-order valence-corrected chi connectivity index (χ4v) is 2.63. The molecule has 0 radical (unpaired) electrons. The van der Waals surface area contributed by atoms with E-state index in [-0.39, 0.29) is 27.1 Å². The van der Waals surface area contributed by atoms with Gasteiger partial charge >= 0.3 is 48.8 Å². The summed E-state index contributed by atoms with van der Waals surface area (Å²) in [5.41, 5.74) is 4.63. The van der Waals surface area contributed by atoms with Crippen LogP contribution in [0.2, 0.25) is 16.6 Å². The third-order valence-electron chi connectivity index (χ3n) is 0.532. The second-order valence-corrected chi connectivity index (χ2v) is 7.34. The van der Waals surface area contributed by atoms with Crippen molar-refractivity contribution in [3.8, 4) is 0 Å². The zero-order chi connectivity index (χ0) is 4.99. The van der Waals surface area contributed by atoms with Crippen molar-refractivity contribution in [2.45, 2.75) is 16.6 Å². The Morgan fingerprint density at radius 1 is 1.43 bits per heavy atom. The molecule has 46 valence electrons. The van der Waals surface area contributed by atoms with Crippen molar-refractivity contribution in [2.24, 2.45) is 0 Å². The maximum absolute atomic E-state index is 5.43. The molecule has 0 aromatic heterocycles. The van der Waals surface area contributed by atoms with Gasteiger partial charge in [0.05, 0.1) is 0 Å². The van der Waals surface area contributed by atoms with E-state index in [2.05, 4.69) is 11.4 Å². The zero-order valence-electron chi connectivity index (χ0n) is 4.65. The molecule has 0 rings (SSSR count). The van der Waals surface area contributed by atoms with Gasteiger partial charge in [-0.2, -0.15) is 0 Å². The molecule has 0 atom stereocenters. The zero-order valence-corrected chi connectivity index (χ0v) is 8.10. The molecule has 0 aliphatic carbocycles. The van der Waals surface area contributed by atoms with Crippen LogP contribution in [0, 0.1) is 0 Å². The van der Waals surface area contributed by atoms with E-state index >= 15 is 0 Å². The van der Waals surface area contributed by atoms with Crippen LogP contribution in [-0.2, 0) is 0 Å². The third kappa shape index (κ3) is 11.0. The van der Waals surface area contributed by atoms with Crippen molar-refractivity contribution in [3.05, 3.63) is 0 Å². The first-order chi connectivity index (χ1) is 2.77. The fraction of sp³-hybridized carbons (Fsp3) is 1.00. The summed E-state index contributed by atoms with van der Waals surface area (Å²) in [5.74, 6) is 0.868. The van der Waals surface area contributed by atoms with E-state index in [9.17, 15) is 0 Å². The summed E-state index contributed by atoms with van der Waals surface area (Å²) >= 11 is 5.08. The molecular weight excluding hydrogens is 194 g/mol. The van der Waals surface area contributed by atoms with Crippen LogP contribution in [-0.4, -0.2) is 20.5 Å². The standard InChI is InChI=1S/C4H10AsCl.ClH/c1-5(2)3-4-6;/h3-4H2,1-2H3;1H. The Morgan fingerprint density at radius 3 is 1.86 bits per heavy atom. The minimum atomic E-state index is -0.356. The van der Waals surface area contributed by atoms with Gasteiger partial charge in [-0.25, -0.2) is 0 Å². The predicted octanol–water partition coefficient (Wildman–Crippen LogP) is 2.40. The Hall–Kier alpha value is 1.14. The van der Waals surface area contributed by atoms with Gasteiger partial charge in [0.15, 0.2) is 0 Å². The van der Waals surface area contributed by atoms with Crippen molar-refractivity contribution in [2.75, 3.05) is 5.88 Å². The van der Waals surface area contributed by atoms with Gasteiger partial charge in [-0.3, -0.25) is 0 Å². The van der Waals surface area contributed by atoms with Crippen molar-refractivity contribution in [3.63, 3.8) is 0 Å². The van der Waals surface area contributed by atoms with Crippen LogP contribution in [0.5, 0.6) is 0 Å². The van der Waals surface area contributed by atoms with Crippen molar-refractivity contribution in [1.82, 2.24) is 0 Å². The Morgan fingerprint density at radius 2 is 1.86 bits per heavy atom. The van der Waals surface area contributed by atoms with Crippen molar-refractivity contribution >= 4 is 38.7 Å². The normalized spacial score (nSPS) is 8.57. The third-order valence-corrected chi connectivity index (χ3v) is 3.64. The summed E-state index contributed by atoms with van der Waals surface area (Å²) in [6, 6.07) is 0. The number of halogens is 2. The maximum atomic E-state index is 5.43. The monoisotopic (exact) mass is 204 g/mol. The molecule has 3 heteroatoms.